The Morgan fingerprint density at radius 1 is 1.03 bits per heavy atom. The number of nitrogens with one attached hydrogen (secondary N) is 1. The zero-order valence-electron chi connectivity index (χ0n) is 17.3. The summed E-state index contributed by atoms with van der Waals surface area (Å²) in [6.45, 7) is 9.50. The summed E-state index contributed by atoms with van der Waals surface area (Å²) in [4.78, 5) is 25.8. The Kier molecular flexibility index (Phi) is 6.72. The number of halogens is 7. The number of alkyl halides is 3. The quantitative estimate of drug-likeness (QED) is 0.204. The van der Waals surface area contributed by atoms with Crippen molar-refractivity contribution in [3.63, 3.8) is 0 Å². The minimum absolute atomic E-state index is 0.000161. The number of rotatable bonds is 5. The second-order valence-corrected chi connectivity index (χ2v) is 6.90. The smallest absolute Gasteiger partial charge is 0.294 e. The van der Waals surface area contributed by atoms with Crippen molar-refractivity contribution >= 4 is 5.78 Å². The molecule has 172 valence electrons. The van der Waals surface area contributed by atoms with Gasteiger partial charge in [0.1, 0.15) is 16.8 Å². The SMILES string of the molecule is C=C(C)/C(C(=O)c1c(C)[nH]n(-c2c(F)c(F)c(C(F)(F)F)c(F)c2F)c1=O)=C(C)\C=C/C. The summed E-state index contributed by atoms with van der Waals surface area (Å²) in [7, 11) is 0. The normalized spacial score (nSPS) is 13.0. The number of carbonyl (C=O) groups is 1. The van der Waals surface area contributed by atoms with Crippen molar-refractivity contribution in [1.29, 1.82) is 0 Å². The molecule has 1 heterocycles. The molecule has 0 unspecified atom stereocenters. The lowest BCUT2D eigenvalue weighted by atomic mass is 9.94. The monoisotopic (exact) mass is 462 g/mol. The first kappa shape index (κ1) is 24.9. The van der Waals surface area contributed by atoms with Crippen LogP contribution in [0.4, 0.5) is 30.7 Å². The van der Waals surface area contributed by atoms with Crippen LogP contribution in [0.15, 0.2) is 40.2 Å². The minimum atomic E-state index is -5.74. The van der Waals surface area contributed by atoms with Crippen LogP contribution in [0.25, 0.3) is 5.69 Å². The molecule has 0 atom stereocenters. The van der Waals surface area contributed by atoms with Gasteiger partial charge in [0, 0.05) is 11.3 Å². The number of carbonyl (C=O) groups excluding carboxylic acids is 1. The van der Waals surface area contributed by atoms with Gasteiger partial charge in [-0.05, 0) is 38.8 Å². The lowest BCUT2D eigenvalue weighted by Gasteiger charge is -2.14. The molecule has 0 radical (unpaired) electrons. The number of hydrogen-bond acceptors (Lipinski definition) is 2. The molecule has 2 rings (SSSR count). The van der Waals surface area contributed by atoms with Gasteiger partial charge in [-0.1, -0.05) is 18.7 Å². The van der Waals surface area contributed by atoms with Gasteiger partial charge in [-0.25, -0.2) is 22.2 Å². The van der Waals surface area contributed by atoms with Gasteiger partial charge >= 0.3 is 6.18 Å². The molecule has 0 bridgehead atoms. The molecule has 1 aromatic carbocycles. The highest BCUT2D eigenvalue weighted by Crippen LogP contribution is 2.37. The summed E-state index contributed by atoms with van der Waals surface area (Å²) < 4.78 is 95.1. The first-order chi connectivity index (χ1) is 14.7. The van der Waals surface area contributed by atoms with E-state index in [1.165, 1.54) is 13.8 Å². The molecule has 0 amide bonds. The second-order valence-electron chi connectivity index (χ2n) is 6.90. The van der Waals surface area contributed by atoms with Crippen LogP contribution in [-0.4, -0.2) is 15.6 Å². The van der Waals surface area contributed by atoms with E-state index < -0.39 is 57.6 Å². The van der Waals surface area contributed by atoms with Crippen molar-refractivity contribution in [2.24, 2.45) is 0 Å². The predicted molar refractivity (Wildman–Crippen MR) is 103 cm³/mol. The molecular formula is C21H17F7N2O2. The highest BCUT2D eigenvalue weighted by molar-refractivity contribution is 6.12. The van der Waals surface area contributed by atoms with Gasteiger partial charge in [-0.15, -0.1) is 0 Å². The Bertz CT molecular complexity index is 1220. The lowest BCUT2D eigenvalue weighted by molar-refractivity contribution is -0.143. The third-order valence-corrected chi connectivity index (χ3v) is 4.51. The number of allylic oxidation sites excluding steroid dienone is 5. The third kappa shape index (κ3) is 4.06. The minimum Gasteiger partial charge on any atom is -0.294 e. The van der Waals surface area contributed by atoms with Crippen LogP contribution in [0.1, 0.15) is 42.4 Å². The second kappa shape index (κ2) is 8.64. The van der Waals surface area contributed by atoms with Gasteiger partial charge in [-0.3, -0.25) is 14.7 Å². The predicted octanol–water partition coefficient (Wildman–Crippen LogP) is 5.70. The average molecular weight is 462 g/mol. The number of ketones is 1. The average Bonchev–Trinajstić information content (AvgIpc) is 2.93. The van der Waals surface area contributed by atoms with E-state index in [1.54, 1.807) is 26.0 Å². The first-order valence-corrected chi connectivity index (χ1v) is 8.95. The molecule has 0 spiro atoms. The molecule has 0 aliphatic heterocycles. The molecular weight excluding hydrogens is 445 g/mol. The van der Waals surface area contributed by atoms with E-state index >= 15 is 0 Å². The van der Waals surface area contributed by atoms with Gasteiger partial charge in [0.05, 0.1) is 0 Å². The first-order valence-electron chi connectivity index (χ1n) is 8.95. The molecule has 0 fully saturated rings. The highest BCUT2D eigenvalue weighted by atomic mass is 19.4. The van der Waals surface area contributed by atoms with Crippen LogP contribution in [-0.2, 0) is 6.18 Å². The number of aryl methyl sites for hydroxylation is 1. The number of H-pyrrole nitrogens is 1. The summed E-state index contributed by atoms with van der Waals surface area (Å²) >= 11 is 0. The van der Waals surface area contributed by atoms with E-state index in [4.69, 9.17) is 0 Å². The molecule has 0 saturated heterocycles. The zero-order chi connectivity index (χ0) is 24.7. The molecule has 0 aliphatic carbocycles. The van der Waals surface area contributed by atoms with Crippen LogP contribution >= 0.6 is 0 Å². The maximum Gasteiger partial charge on any atom is 0.422 e. The Balaban J connectivity index is 2.87. The van der Waals surface area contributed by atoms with Gasteiger partial charge in [0.15, 0.2) is 23.3 Å². The zero-order valence-corrected chi connectivity index (χ0v) is 17.3. The Morgan fingerprint density at radius 2 is 1.53 bits per heavy atom. The van der Waals surface area contributed by atoms with Crippen molar-refractivity contribution in [2.75, 3.05) is 0 Å². The summed E-state index contributed by atoms with van der Waals surface area (Å²) in [5.41, 5.74) is -6.18. The Hall–Kier alpha value is -3.37. The van der Waals surface area contributed by atoms with Crippen LogP contribution < -0.4 is 5.56 Å². The summed E-state index contributed by atoms with van der Waals surface area (Å²) in [6, 6.07) is 0. The molecule has 1 aromatic heterocycles. The maximum absolute atomic E-state index is 14.4. The lowest BCUT2D eigenvalue weighted by Crippen LogP contribution is -2.25. The molecule has 11 heteroatoms. The number of hydrogen-bond donors (Lipinski definition) is 1. The third-order valence-electron chi connectivity index (χ3n) is 4.51. The van der Waals surface area contributed by atoms with E-state index in [2.05, 4.69) is 11.7 Å². The standard InChI is InChI=1S/C21H17F7N2O2/c1-6-7-9(4)11(8(2)3)19(31)12-10(5)29-30(20(12)32)18-16(24)14(22)13(21(26,27)28)15(23)17(18)25/h6-7,29H,2H2,1,3-5H3/b7-6-,11-9+. The van der Waals surface area contributed by atoms with Crippen molar-refractivity contribution in [2.45, 2.75) is 33.9 Å². The number of aromatic amines is 1. The van der Waals surface area contributed by atoms with E-state index in [-0.39, 0.29) is 21.5 Å². The van der Waals surface area contributed by atoms with Gasteiger partial charge in [-0.2, -0.15) is 13.2 Å². The maximum atomic E-state index is 14.4. The van der Waals surface area contributed by atoms with Crippen molar-refractivity contribution < 1.29 is 35.5 Å². The van der Waals surface area contributed by atoms with Crippen molar-refractivity contribution in [3.8, 4) is 5.69 Å². The number of Topliss-reactive ketones (excluding diaryl/α,β-unsaturated/α-hetero) is 1. The largest absolute Gasteiger partial charge is 0.422 e. The van der Waals surface area contributed by atoms with Gasteiger partial charge in [0.25, 0.3) is 5.56 Å². The fourth-order valence-electron chi connectivity index (χ4n) is 3.20. The van der Waals surface area contributed by atoms with Crippen molar-refractivity contribution in [3.05, 3.63) is 85.9 Å². The number of aromatic nitrogens is 2. The molecule has 0 saturated carbocycles. The van der Waals surface area contributed by atoms with Gasteiger partial charge < -0.3 is 0 Å². The Labute approximate surface area is 177 Å². The van der Waals surface area contributed by atoms with Crippen LogP contribution in [0, 0.1) is 30.2 Å². The van der Waals surface area contributed by atoms with Gasteiger partial charge in [0.2, 0.25) is 5.78 Å². The van der Waals surface area contributed by atoms with E-state index in [0.29, 0.717) is 5.57 Å². The van der Waals surface area contributed by atoms with Crippen LogP contribution in [0.5, 0.6) is 0 Å². The fourth-order valence-corrected chi connectivity index (χ4v) is 3.20. The molecule has 32 heavy (non-hydrogen) atoms. The molecule has 2 aromatic rings. The summed E-state index contributed by atoms with van der Waals surface area (Å²) in [5.74, 6) is -11.3. The number of nitrogens with zero attached hydrogens (tertiary/aromatic N) is 1. The van der Waals surface area contributed by atoms with E-state index in [1.807, 2.05) is 0 Å². The van der Waals surface area contributed by atoms with Crippen molar-refractivity contribution in [1.82, 2.24) is 9.78 Å². The molecule has 0 aliphatic rings. The van der Waals surface area contributed by atoms with Crippen LogP contribution in [0.3, 0.4) is 0 Å². The summed E-state index contributed by atoms with van der Waals surface area (Å²) in [5, 5.41) is 2.09. The Morgan fingerprint density at radius 3 is 1.94 bits per heavy atom. The molecule has 1 N–H and O–H groups in total. The van der Waals surface area contributed by atoms with Crippen LogP contribution in [0.2, 0.25) is 0 Å². The number of benzene rings is 1. The highest BCUT2D eigenvalue weighted by Gasteiger charge is 2.43. The topological polar surface area (TPSA) is 54.9 Å². The van der Waals surface area contributed by atoms with E-state index in [0.717, 1.165) is 0 Å². The fraction of sp³-hybridized carbons (Fsp3) is 0.238. The molecule has 4 nitrogen and oxygen atoms in total. The van der Waals surface area contributed by atoms with E-state index in [9.17, 15) is 40.3 Å². The summed E-state index contributed by atoms with van der Waals surface area (Å²) in [6.07, 6.45) is -2.59.